The zero-order valence-corrected chi connectivity index (χ0v) is 23.5. The molecule has 4 atom stereocenters. The molecule has 2 aromatic rings. The van der Waals surface area contributed by atoms with Gasteiger partial charge >= 0.3 is 5.97 Å². The first-order valence-electron chi connectivity index (χ1n) is 13.2. The van der Waals surface area contributed by atoms with Crippen molar-refractivity contribution in [2.24, 2.45) is 10.9 Å². The van der Waals surface area contributed by atoms with Crippen molar-refractivity contribution in [2.45, 2.75) is 57.3 Å². The van der Waals surface area contributed by atoms with Gasteiger partial charge in [-0.3, -0.25) is 28.8 Å². The summed E-state index contributed by atoms with van der Waals surface area (Å²) in [6, 6.07) is 7.01. The lowest BCUT2D eigenvalue weighted by molar-refractivity contribution is -0.137. The average Bonchev–Trinajstić information content (AvgIpc) is 2.98. The fourth-order valence-electron chi connectivity index (χ4n) is 3.75. The molecule has 15 heteroatoms. The summed E-state index contributed by atoms with van der Waals surface area (Å²) in [5.74, 6) is -4.70. The normalized spacial score (nSPS) is 13.4. The Morgan fingerprint density at radius 3 is 2.02 bits per heavy atom. The zero-order valence-electron chi connectivity index (χ0n) is 23.5. The van der Waals surface area contributed by atoms with Crippen molar-refractivity contribution >= 4 is 41.1 Å². The van der Waals surface area contributed by atoms with Crippen molar-refractivity contribution in [3.8, 4) is 5.75 Å². The Morgan fingerprint density at radius 2 is 1.42 bits per heavy atom. The number of aromatic hydroxyl groups is 1. The second kappa shape index (κ2) is 16.3. The molecule has 0 heterocycles. The van der Waals surface area contributed by atoms with E-state index in [9.17, 15) is 38.8 Å². The molecule has 0 unspecified atom stereocenters. The van der Waals surface area contributed by atoms with E-state index in [4.69, 9.17) is 10.8 Å². The molecule has 43 heavy (non-hydrogen) atoms. The number of amides is 4. The van der Waals surface area contributed by atoms with Gasteiger partial charge in [-0.15, -0.1) is 4.91 Å². The smallest absolute Gasteiger partial charge is 0.303 e. The number of nitroso groups, excluding NO2 is 1. The highest BCUT2D eigenvalue weighted by Gasteiger charge is 2.27. The third-order valence-electron chi connectivity index (χ3n) is 6.25. The van der Waals surface area contributed by atoms with Crippen molar-refractivity contribution in [1.29, 1.82) is 0 Å². The molecular weight excluding hydrogens is 564 g/mol. The third kappa shape index (κ3) is 11.0. The Kier molecular flexibility index (Phi) is 12.9. The summed E-state index contributed by atoms with van der Waals surface area (Å²) >= 11 is 0. The molecule has 230 valence electrons. The summed E-state index contributed by atoms with van der Waals surface area (Å²) in [4.78, 5) is 85.1. The van der Waals surface area contributed by atoms with Gasteiger partial charge in [-0.1, -0.05) is 24.3 Å². The summed E-state index contributed by atoms with van der Waals surface area (Å²) in [6.45, 7) is 2.20. The highest BCUT2D eigenvalue weighted by atomic mass is 16.4. The average molecular weight is 599 g/mol. The SMILES string of the molecule is C[C@H](NC(=O)[C@H](C)NC(=O)[C@@H](N)CCC(=O)O)C(=O)N[C@@H](Cc1ccc(O)cc1)C(=O)NCC(=O)c1ccccc1N=O. The van der Waals surface area contributed by atoms with Crippen LogP contribution in [0.1, 0.15) is 42.6 Å². The number of nitrogens with zero attached hydrogens (tertiary/aromatic N) is 1. The Bertz CT molecular complexity index is 1350. The zero-order chi connectivity index (χ0) is 32.1. The van der Waals surface area contributed by atoms with Crippen LogP contribution in [0, 0.1) is 4.91 Å². The minimum Gasteiger partial charge on any atom is -0.508 e. The van der Waals surface area contributed by atoms with Gasteiger partial charge in [0, 0.05) is 18.4 Å². The number of carbonyl (C=O) groups excluding carboxylic acids is 5. The number of phenols is 1. The monoisotopic (exact) mass is 598 g/mol. The highest BCUT2D eigenvalue weighted by Crippen LogP contribution is 2.18. The van der Waals surface area contributed by atoms with E-state index in [1.165, 1.54) is 62.4 Å². The number of hydrogen-bond acceptors (Lipinski definition) is 10. The van der Waals surface area contributed by atoms with Gasteiger partial charge in [0.1, 0.15) is 29.6 Å². The predicted octanol–water partition coefficient (Wildman–Crippen LogP) is 0.0180. The largest absolute Gasteiger partial charge is 0.508 e. The van der Waals surface area contributed by atoms with E-state index in [2.05, 4.69) is 26.4 Å². The molecule has 0 aromatic heterocycles. The van der Waals surface area contributed by atoms with Crippen LogP contribution in [0.2, 0.25) is 0 Å². The summed E-state index contributed by atoms with van der Waals surface area (Å²) in [6.07, 6.45) is -0.507. The number of carboxylic acid groups (broad SMARTS) is 1. The van der Waals surface area contributed by atoms with E-state index >= 15 is 0 Å². The molecule has 0 bridgehead atoms. The van der Waals surface area contributed by atoms with Gasteiger partial charge in [-0.25, -0.2) is 0 Å². The lowest BCUT2D eigenvalue weighted by Crippen LogP contribution is -2.56. The maximum atomic E-state index is 13.1. The molecule has 2 aromatic carbocycles. The number of nitrogens with two attached hydrogens (primary N) is 1. The standard InChI is InChI=1S/C28H34N6O9/c1-15(32-27(41)20(29)11-12-24(37)38)25(39)31-16(2)26(40)33-22(13-17-7-9-18(35)10-8-17)28(42)30-14-23(36)19-5-3-4-6-21(19)34-43/h3-10,15-16,20,22,35H,11-14,29H2,1-2H3,(H,30,42)(H,31,39)(H,32,41)(H,33,40)(H,37,38)/t15-,16-,20-,22-/m0/s1. The third-order valence-corrected chi connectivity index (χ3v) is 6.25. The fourth-order valence-corrected chi connectivity index (χ4v) is 3.75. The van der Waals surface area contributed by atoms with Crippen LogP contribution in [0.5, 0.6) is 5.75 Å². The van der Waals surface area contributed by atoms with E-state index in [1.54, 1.807) is 0 Å². The lowest BCUT2D eigenvalue weighted by Gasteiger charge is -2.23. The summed E-state index contributed by atoms with van der Waals surface area (Å²) in [5.41, 5.74) is 6.13. The molecular formula is C28H34N6O9. The molecule has 0 aliphatic rings. The molecule has 0 radical (unpaired) electrons. The number of Topliss-reactive ketones (excluding diaryl/α,β-unsaturated/α-hetero) is 1. The number of benzene rings is 2. The Labute approximate surface area is 246 Å². The Hall–Kier alpha value is -5.18. The van der Waals surface area contributed by atoms with Gasteiger partial charge in [0.05, 0.1) is 12.6 Å². The van der Waals surface area contributed by atoms with E-state index < -0.39 is 66.1 Å². The minimum absolute atomic E-state index is 0.0114. The summed E-state index contributed by atoms with van der Waals surface area (Å²) < 4.78 is 0. The number of ketones is 1. The van der Waals surface area contributed by atoms with E-state index in [1.807, 2.05) is 0 Å². The second-order valence-corrected chi connectivity index (χ2v) is 9.68. The van der Waals surface area contributed by atoms with Gasteiger partial charge in [0.2, 0.25) is 23.6 Å². The van der Waals surface area contributed by atoms with Gasteiger partial charge in [0.15, 0.2) is 5.78 Å². The van der Waals surface area contributed by atoms with Crippen molar-refractivity contribution < 1.29 is 39.0 Å². The van der Waals surface area contributed by atoms with Crippen molar-refractivity contribution in [2.75, 3.05) is 6.54 Å². The topological polar surface area (TPSA) is 246 Å². The first kappa shape index (κ1) is 34.0. The number of phenolic OH excluding ortho intramolecular Hbond substituents is 1. The molecule has 0 aliphatic heterocycles. The summed E-state index contributed by atoms with van der Waals surface area (Å²) in [5, 5.41) is 30.8. The van der Waals surface area contributed by atoms with Crippen LogP contribution in [0.25, 0.3) is 0 Å². The molecule has 15 nitrogen and oxygen atoms in total. The number of hydrogen-bond donors (Lipinski definition) is 7. The first-order valence-corrected chi connectivity index (χ1v) is 13.2. The van der Waals surface area contributed by atoms with Crippen LogP contribution in [-0.2, 0) is 30.4 Å². The van der Waals surface area contributed by atoms with Crippen LogP contribution < -0.4 is 27.0 Å². The van der Waals surface area contributed by atoms with E-state index in [0.717, 1.165) is 0 Å². The van der Waals surface area contributed by atoms with Crippen LogP contribution in [-0.4, -0.2) is 76.3 Å². The van der Waals surface area contributed by atoms with Gasteiger partial charge in [-0.05, 0) is 55.3 Å². The van der Waals surface area contributed by atoms with E-state index in [0.29, 0.717) is 5.56 Å². The quantitative estimate of drug-likeness (QED) is 0.101. The molecule has 0 fully saturated rings. The number of aliphatic carboxylic acids is 1. The molecule has 0 spiro atoms. The number of nitrogens with one attached hydrogen (secondary N) is 4. The maximum Gasteiger partial charge on any atom is 0.303 e. The van der Waals surface area contributed by atoms with E-state index in [-0.39, 0.29) is 36.3 Å². The summed E-state index contributed by atoms with van der Waals surface area (Å²) in [7, 11) is 0. The fraction of sp³-hybridized carbons (Fsp3) is 0.357. The first-order chi connectivity index (χ1) is 20.3. The number of carbonyl (C=O) groups is 6. The van der Waals surface area contributed by atoms with Gasteiger partial charge < -0.3 is 37.2 Å². The Balaban J connectivity index is 2.05. The second-order valence-electron chi connectivity index (χ2n) is 9.68. The molecule has 0 saturated carbocycles. The lowest BCUT2D eigenvalue weighted by atomic mass is 10.0. The van der Waals surface area contributed by atoms with Crippen molar-refractivity contribution in [3.63, 3.8) is 0 Å². The maximum absolute atomic E-state index is 13.1. The van der Waals surface area contributed by atoms with Gasteiger partial charge in [0.25, 0.3) is 0 Å². The molecule has 2 rings (SSSR count). The number of rotatable bonds is 16. The molecule has 0 aliphatic carbocycles. The predicted molar refractivity (Wildman–Crippen MR) is 153 cm³/mol. The highest BCUT2D eigenvalue weighted by molar-refractivity contribution is 6.03. The van der Waals surface area contributed by atoms with Crippen molar-refractivity contribution in [3.05, 3.63) is 64.6 Å². The molecule has 8 N–H and O–H groups in total. The van der Waals surface area contributed by atoms with Crippen LogP contribution >= 0.6 is 0 Å². The van der Waals surface area contributed by atoms with Crippen LogP contribution in [0.15, 0.2) is 53.7 Å². The molecule has 4 amide bonds. The molecule has 0 saturated heterocycles. The Morgan fingerprint density at radius 1 is 0.837 bits per heavy atom. The van der Waals surface area contributed by atoms with Gasteiger partial charge in [-0.2, -0.15) is 0 Å². The number of carboxylic acids is 1. The van der Waals surface area contributed by atoms with Crippen LogP contribution in [0.4, 0.5) is 5.69 Å². The van der Waals surface area contributed by atoms with Crippen LogP contribution in [0.3, 0.4) is 0 Å². The minimum atomic E-state index is -1.21. The van der Waals surface area contributed by atoms with Crippen molar-refractivity contribution in [1.82, 2.24) is 21.3 Å².